The molecule has 0 bridgehead atoms. The largest absolute Gasteiger partial charge is 0.490 e. The maximum absolute atomic E-state index is 12.0. The summed E-state index contributed by atoms with van der Waals surface area (Å²) < 4.78 is 10.5. The van der Waals surface area contributed by atoms with Crippen LogP contribution in [-0.4, -0.2) is 62.3 Å². The van der Waals surface area contributed by atoms with Gasteiger partial charge in [-0.2, -0.15) is 0 Å². The van der Waals surface area contributed by atoms with Gasteiger partial charge in [-0.25, -0.2) is 4.79 Å². The van der Waals surface area contributed by atoms with Crippen molar-refractivity contribution in [2.24, 2.45) is 11.8 Å². The predicted octanol–water partition coefficient (Wildman–Crippen LogP) is 4.46. The molecule has 1 amide bonds. The Morgan fingerprint density at radius 2 is 1.72 bits per heavy atom. The molecule has 36 heavy (non-hydrogen) atoms. The number of anilines is 1. The molecule has 0 radical (unpaired) electrons. The Kier molecular flexibility index (Phi) is 9.00. The first-order valence-corrected chi connectivity index (χ1v) is 12.8. The number of carbonyl (C=O) groups is 1. The van der Waals surface area contributed by atoms with Gasteiger partial charge >= 0.3 is 11.8 Å². The lowest BCUT2D eigenvalue weighted by Crippen LogP contribution is -2.43. The fraction of sp³-hybridized carbons (Fsp3) is 0.519. The number of nitrogens with one attached hydrogen (secondary N) is 1. The van der Waals surface area contributed by atoms with E-state index in [4.69, 9.17) is 9.47 Å². The molecule has 0 aliphatic carbocycles. The van der Waals surface area contributed by atoms with Gasteiger partial charge in [0.1, 0.15) is 6.61 Å². The zero-order chi connectivity index (χ0) is 25.3. The third-order valence-corrected chi connectivity index (χ3v) is 7.31. The van der Waals surface area contributed by atoms with Gasteiger partial charge in [-0.3, -0.25) is 10.1 Å². The van der Waals surface area contributed by atoms with Crippen molar-refractivity contribution in [3.8, 4) is 5.75 Å². The molecule has 2 aliphatic heterocycles. The molecule has 9 nitrogen and oxygen atoms in total. The van der Waals surface area contributed by atoms with Crippen molar-refractivity contribution in [2.75, 3.05) is 51.3 Å². The van der Waals surface area contributed by atoms with Gasteiger partial charge in [0.2, 0.25) is 0 Å². The lowest BCUT2D eigenvalue weighted by atomic mass is 9.92. The minimum atomic E-state index is -0.411. The number of benzene rings is 2. The van der Waals surface area contributed by atoms with Crippen LogP contribution in [0.3, 0.4) is 0 Å². The average molecular weight is 497 g/mol. The zero-order valence-corrected chi connectivity index (χ0v) is 20.9. The normalized spacial score (nSPS) is 17.5. The lowest BCUT2D eigenvalue weighted by Gasteiger charge is -2.38. The van der Waals surface area contributed by atoms with Crippen LogP contribution in [0.2, 0.25) is 0 Å². The lowest BCUT2D eigenvalue weighted by molar-refractivity contribution is -0.385. The van der Waals surface area contributed by atoms with Crippen molar-refractivity contribution in [3.63, 3.8) is 0 Å². The maximum atomic E-state index is 12.0. The second-order valence-corrected chi connectivity index (χ2v) is 9.73. The number of carbonyl (C=O) groups excluding carboxylic acids is 1. The number of nitro benzene ring substituents is 1. The summed E-state index contributed by atoms with van der Waals surface area (Å²) in [5.41, 5.74) is 1.96. The van der Waals surface area contributed by atoms with Gasteiger partial charge in [0.05, 0.1) is 12.0 Å². The third-order valence-electron chi connectivity index (χ3n) is 7.31. The molecular weight excluding hydrogens is 460 g/mol. The highest BCUT2D eigenvalue weighted by Gasteiger charge is 2.26. The molecule has 4 rings (SSSR count). The van der Waals surface area contributed by atoms with Crippen LogP contribution in [0.1, 0.15) is 31.2 Å². The van der Waals surface area contributed by atoms with Crippen LogP contribution in [0.15, 0.2) is 48.5 Å². The van der Waals surface area contributed by atoms with Gasteiger partial charge in [0.15, 0.2) is 5.75 Å². The molecule has 0 spiro atoms. The topological polar surface area (TPSA) is 97.2 Å². The van der Waals surface area contributed by atoms with Crippen LogP contribution in [0.25, 0.3) is 0 Å². The van der Waals surface area contributed by atoms with Gasteiger partial charge in [-0.05, 0) is 62.2 Å². The van der Waals surface area contributed by atoms with E-state index in [1.165, 1.54) is 13.2 Å². The summed E-state index contributed by atoms with van der Waals surface area (Å²) >= 11 is 0. The van der Waals surface area contributed by atoms with Gasteiger partial charge in [-0.1, -0.05) is 30.3 Å². The molecule has 0 aromatic heterocycles. The van der Waals surface area contributed by atoms with E-state index in [1.807, 2.05) is 36.4 Å². The number of ether oxygens (including phenoxy) is 2. The number of amides is 1. The molecule has 2 aromatic carbocycles. The second kappa shape index (κ2) is 12.6. The Hall–Kier alpha value is -3.33. The standard InChI is InChI=1S/C27H36N4O5/c1-35-26-17-24(7-8-25(26)31(33)34)30-15-11-22(12-16-30)19-29-13-9-21(10-14-29)18-28-27(32)36-20-23-5-3-2-4-6-23/h2-8,17,21-22H,9-16,18-20H2,1H3,(H,28,32). The van der Waals surface area contributed by atoms with E-state index in [1.54, 1.807) is 6.07 Å². The van der Waals surface area contributed by atoms with E-state index in [2.05, 4.69) is 15.1 Å². The summed E-state index contributed by atoms with van der Waals surface area (Å²) in [6.45, 7) is 6.07. The first kappa shape index (κ1) is 25.8. The van der Waals surface area contributed by atoms with Crippen LogP contribution in [0.5, 0.6) is 5.75 Å². The van der Waals surface area contributed by atoms with Crippen LogP contribution in [0, 0.1) is 22.0 Å². The number of hydrogen-bond acceptors (Lipinski definition) is 7. The van der Waals surface area contributed by atoms with Crippen molar-refractivity contribution in [1.82, 2.24) is 10.2 Å². The summed E-state index contributed by atoms with van der Waals surface area (Å²) in [7, 11) is 1.47. The fourth-order valence-corrected chi connectivity index (χ4v) is 5.13. The number of alkyl carbamates (subject to hydrolysis) is 1. The number of piperidine rings is 2. The maximum Gasteiger partial charge on any atom is 0.407 e. The van der Waals surface area contributed by atoms with Crippen LogP contribution in [0.4, 0.5) is 16.2 Å². The molecule has 2 heterocycles. The quantitative estimate of drug-likeness (QED) is 0.404. The van der Waals surface area contributed by atoms with E-state index >= 15 is 0 Å². The highest BCUT2D eigenvalue weighted by Crippen LogP contribution is 2.33. The summed E-state index contributed by atoms with van der Waals surface area (Å²) in [6, 6.07) is 14.8. The first-order chi connectivity index (χ1) is 17.5. The predicted molar refractivity (Wildman–Crippen MR) is 138 cm³/mol. The van der Waals surface area contributed by atoms with Crippen molar-refractivity contribution in [2.45, 2.75) is 32.3 Å². The number of nitrogens with zero attached hydrogens (tertiary/aromatic N) is 3. The molecule has 9 heteroatoms. The van der Waals surface area contributed by atoms with Gasteiger partial charge in [0, 0.05) is 44.0 Å². The Labute approximate surface area is 212 Å². The number of hydrogen-bond donors (Lipinski definition) is 1. The summed E-state index contributed by atoms with van der Waals surface area (Å²) in [5, 5.41) is 14.1. The Balaban J connectivity index is 1.13. The van der Waals surface area contributed by atoms with Gasteiger partial charge in [-0.15, -0.1) is 0 Å². The summed E-state index contributed by atoms with van der Waals surface area (Å²) in [6.07, 6.45) is 4.03. The molecule has 2 fully saturated rings. The first-order valence-electron chi connectivity index (χ1n) is 12.8. The van der Waals surface area contributed by atoms with Crippen LogP contribution >= 0.6 is 0 Å². The summed E-state index contributed by atoms with van der Waals surface area (Å²) in [5.74, 6) is 1.45. The smallest absolute Gasteiger partial charge is 0.407 e. The molecule has 0 saturated carbocycles. The molecule has 2 aliphatic rings. The van der Waals surface area contributed by atoms with E-state index in [0.717, 1.165) is 69.7 Å². The highest BCUT2D eigenvalue weighted by molar-refractivity contribution is 5.67. The molecule has 0 atom stereocenters. The van der Waals surface area contributed by atoms with E-state index in [-0.39, 0.29) is 11.8 Å². The molecule has 0 unspecified atom stereocenters. The minimum Gasteiger partial charge on any atom is -0.490 e. The van der Waals surface area contributed by atoms with Crippen LogP contribution < -0.4 is 15.0 Å². The second-order valence-electron chi connectivity index (χ2n) is 9.73. The summed E-state index contributed by atoms with van der Waals surface area (Å²) in [4.78, 5) is 27.6. The Morgan fingerprint density at radius 3 is 2.39 bits per heavy atom. The number of nitro groups is 1. The third kappa shape index (κ3) is 7.10. The van der Waals surface area contributed by atoms with E-state index in [9.17, 15) is 14.9 Å². The molecule has 1 N–H and O–H groups in total. The molecule has 194 valence electrons. The SMILES string of the molecule is COc1cc(N2CCC(CN3CCC(CNC(=O)OCc4ccccc4)CC3)CC2)ccc1[N+](=O)[O-]. The fourth-order valence-electron chi connectivity index (χ4n) is 5.13. The van der Waals surface area contributed by atoms with Gasteiger partial charge in [0.25, 0.3) is 0 Å². The number of rotatable bonds is 9. The van der Waals surface area contributed by atoms with E-state index < -0.39 is 4.92 Å². The molecule has 2 aromatic rings. The van der Waals surface area contributed by atoms with Crippen molar-refractivity contribution in [1.29, 1.82) is 0 Å². The monoisotopic (exact) mass is 496 g/mol. The van der Waals surface area contributed by atoms with Gasteiger partial charge < -0.3 is 24.6 Å². The number of methoxy groups -OCH3 is 1. The Bertz CT molecular complexity index is 1000. The molecule has 2 saturated heterocycles. The van der Waals surface area contributed by atoms with Crippen molar-refractivity contribution < 1.29 is 19.2 Å². The average Bonchev–Trinajstić information content (AvgIpc) is 2.92. The highest BCUT2D eigenvalue weighted by atomic mass is 16.6. The molecular formula is C27H36N4O5. The minimum absolute atomic E-state index is 0.00110. The van der Waals surface area contributed by atoms with Crippen molar-refractivity contribution >= 4 is 17.5 Å². The van der Waals surface area contributed by atoms with E-state index in [0.29, 0.717) is 30.7 Å². The van der Waals surface area contributed by atoms with Crippen molar-refractivity contribution in [3.05, 3.63) is 64.2 Å². The zero-order valence-electron chi connectivity index (χ0n) is 20.9. The Morgan fingerprint density at radius 1 is 1.03 bits per heavy atom. The number of likely N-dealkylation sites (tertiary alicyclic amines) is 1. The van der Waals surface area contributed by atoms with Crippen LogP contribution in [-0.2, 0) is 11.3 Å².